The largest absolute Gasteiger partial charge is 0.391 e. The predicted octanol–water partition coefficient (Wildman–Crippen LogP) is 1.30. The summed E-state index contributed by atoms with van der Waals surface area (Å²) in [5.74, 6) is 0.461. The Balaban J connectivity index is 1.75. The van der Waals surface area contributed by atoms with Crippen LogP contribution >= 0.6 is 0 Å². The molecule has 0 spiro atoms. The van der Waals surface area contributed by atoms with Crippen LogP contribution in [0.4, 0.5) is 0 Å². The van der Waals surface area contributed by atoms with Gasteiger partial charge in [-0.1, -0.05) is 19.8 Å². The molecule has 1 saturated heterocycles. The molecule has 3 atom stereocenters. The summed E-state index contributed by atoms with van der Waals surface area (Å²) in [5.41, 5.74) is 0. The van der Waals surface area contributed by atoms with E-state index in [2.05, 4.69) is 5.32 Å². The van der Waals surface area contributed by atoms with E-state index in [1.165, 1.54) is 0 Å². The van der Waals surface area contributed by atoms with Crippen LogP contribution in [0, 0.1) is 11.8 Å². The normalized spacial score (nSPS) is 27.9. The molecule has 5 heteroatoms. The number of β-amino-alcohol motifs (C(OH)–C–C–N with tert-alkyl or cyclic N) is 1. The van der Waals surface area contributed by atoms with Gasteiger partial charge in [0, 0.05) is 37.4 Å². The number of nitrogens with zero attached hydrogens (tertiary/aromatic N) is 1. The molecule has 1 aliphatic heterocycles. The molecule has 0 aromatic rings. The first kappa shape index (κ1) is 16.3. The standard InChI is InChI=1S/C16H28N2O3/c1-3-12-9-18(10-14(12)19)15(20)8-11(2)17-16(21)13-6-4-5-7-13/h11-14,19H,3-10H2,1-2H3,(H,17,21). The highest BCUT2D eigenvalue weighted by molar-refractivity contribution is 5.81. The van der Waals surface area contributed by atoms with Crippen molar-refractivity contribution in [2.75, 3.05) is 13.1 Å². The molecule has 2 fully saturated rings. The van der Waals surface area contributed by atoms with Crippen molar-refractivity contribution in [3.8, 4) is 0 Å². The molecule has 2 aliphatic rings. The highest BCUT2D eigenvalue weighted by atomic mass is 16.3. The van der Waals surface area contributed by atoms with Crippen LogP contribution < -0.4 is 5.32 Å². The smallest absolute Gasteiger partial charge is 0.224 e. The molecule has 2 amide bonds. The Hall–Kier alpha value is -1.10. The van der Waals surface area contributed by atoms with E-state index in [0.717, 1.165) is 32.1 Å². The minimum atomic E-state index is -0.401. The number of hydrogen-bond donors (Lipinski definition) is 2. The van der Waals surface area contributed by atoms with Crippen molar-refractivity contribution in [2.45, 2.75) is 64.5 Å². The van der Waals surface area contributed by atoms with E-state index in [9.17, 15) is 14.7 Å². The number of amides is 2. The Morgan fingerprint density at radius 2 is 1.95 bits per heavy atom. The Bertz CT molecular complexity index is 380. The number of likely N-dealkylation sites (tertiary alicyclic amines) is 1. The molecule has 1 aliphatic carbocycles. The third kappa shape index (κ3) is 4.19. The van der Waals surface area contributed by atoms with Crippen molar-refractivity contribution in [2.24, 2.45) is 11.8 Å². The van der Waals surface area contributed by atoms with Crippen LogP contribution in [0.1, 0.15) is 52.4 Å². The van der Waals surface area contributed by atoms with Crippen molar-refractivity contribution >= 4 is 11.8 Å². The number of aliphatic hydroxyl groups is 1. The lowest BCUT2D eigenvalue weighted by Crippen LogP contribution is -2.40. The van der Waals surface area contributed by atoms with Gasteiger partial charge in [-0.25, -0.2) is 0 Å². The Labute approximate surface area is 127 Å². The first-order valence-electron chi connectivity index (χ1n) is 8.27. The highest BCUT2D eigenvalue weighted by Gasteiger charge is 2.33. The van der Waals surface area contributed by atoms with Crippen molar-refractivity contribution in [3.05, 3.63) is 0 Å². The van der Waals surface area contributed by atoms with Gasteiger partial charge >= 0.3 is 0 Å². The SMILES string of the molecule is CCC1CN(C(=O)CC(C)NC(=O)C2CCCC2)CC1O. The first-order chi connectivity index (χ1) is 10.0. The zero-order valence-corrected chi connectivity index (χ0v) is 13.2. The zero-order chi connectivity index (χ0) is 15.4. The molecule has 21 heavy (non-hydrogen) atoms. The summed E-state index contributed by atoms with van der Waals surface area (Å²) in [6.07, 6.45) is 5.03. The average Bonchev–Trinajstić information content (AvgIpc) is 3.07. The fourth-order valence-corrected chi connectivity index (χ4v) is 3.45. The Morgan fingerprint density at radius 1 is 1.29 bits per heavy atom. The number of carbonyl (C=O) groups is 2. The van der Waals surface area contributed by atoms with Crippen LogP contribution in [-0.4, -0.2) is 47.1 Å². The maximum absolute atomic E-state index is 12.2. The number of aliphatic hydroxyl groups excluding tert-OH is 1. The second kappa shape index (κ2) is 7.25. The Morgan fingerprint density at radius 3 is 2.52 bits per heavy atom. The second-order valence-electron chi connectivity index (χ2n) is 6.63. The van der Waals surface area contributed by atoms with Crippen molar-refractivity contribution in [3.63, 3.8) is 0 Å². The number of carbonyl (C=O) groups excluding carboxylic acids is 2. The number of hydrogen-bond acceptors (Lipinski definition) is 3. The molecular formula is C16H28N2O3. The van der Waals surface area contributed by atoms with E-state index in [4.69, 9.17) is 0 Å². The predicted molar refractivity (Wildman–Crippen MR) is 80.5 cm³/mol. The molecule has 5 nitrogen and oxygen atoms in total. The molecule has 2 N–H and O–H groups in total. The minimum absolute atomic E-state index is 0.0317. The van der Waals surface area contributed by atoms with Crippen LogP contribution in [0.5, 0.6) is 0 Å². The van der Waals surface area contributed by atoms with Crippen molar-refractivity contribution in [1.29, 1.82) is 0 Å². The molecule has 3 unspecified atom stereocenters. The van der Waals surface area contributed by atoms with E-state index in [1.54, 1.807) is 4.90 Å². The van der Waals surface area contributed by atoms with Gasteiger partial charge in [-0.15, -0.1) is 0 Å². The molecule has 0 bridgehead atoms. The summed E-state index contributed by atoms with van der Waals surface area (Å²) >= 11 is 0. The molecule has 0 radical (unpaired) electrons. The van der Waals surface area contributed by atoms with Gasteiger partial charge in [0.2, 0.25) is 11.8 Å². The summed E-state index contributed by atoms with van der Waals surface area (Å²) in [5, 5.41) is 12.8. The first-order valence-corrected chi connectivity index (χ1v) is 8.27. The minimum Gasteiger partial charge on any atom is -0.391 e. The van der Waals surface area contributed by atoms with Gasteiger partial charge < -0.3 is 15.3 Å². The number of rotatable bonds is 5. The molecular weight excluding hydrogens is 268 g/mol. The summed E-state index contributed by atoms with van der Waals surface area (Å²) in [4.78, 5) is 26.0. The summed E-state index contributed by atoms with van der Waals surface area (Å²) in [6.45, 7) is 4.99. The van der Waals surface area contributed by atoms with Gasteiger partial charge in [-0.05, 0) is 26.2 Å². The molecule has 1 saturated carbocycles. The van der Waals surface area contributed by atoms with Gasteiger partial charge in [-0.2, -0.15) is 0 Å². The highest BCUT2D eigenvalue weighted by Crippen LogP contribution is 2.25. The van der Waals surface area contributed by atoms with Crippen molar-refractivity contribution in [1.82, 2.24) is 10.2 Å². The van der Waals surface area contributed by atoms with E-state index in [0.29, 0.717) is 19.5 Å². The topological polar surface area (TPSA) is 69.6 Å². The molecule has 1 heterocycles. The lowest BCUT2D eigenvalue weighted by atomic mass is 10.0. The summed E-state index contributed by atoms with van der Waals surface area (Å²) in [6, 6.07) is -0.136. The Kier molecular flexibility index (Phi) is 5.62. The summed E-state index contributed by atoms with van der Waals surface area (Å²) in [7, 11) is 0. The fraction of sp³-hybridized carbons (Fsp3) is 0.875. The lowest BCUT2D eigenvalue weighted by Gasteiger charge is -2.21. The van der Waals surface area contributed by atoms with Crippen LogP contribution in [0.3, 0.4) is 0 Å². The maximum atomic E-state index is 12.2. The third-order valence-electron chi connectivity index (χ3n) is 4.88. The summed E-state index contributed by atoms with van der Waals surface area (Å²) < 4.78 is 0. The van der Waals surface area contributed by atoms with Crippen LogP contribution in [0.2, 0.25) is 0 Å². The maximum Gasteiger partial charge on any atom is 0.224 e. The van der Waals surface area contributed by atoms with Gasteiger partial charge in [0.15, 0.2) is 0 Å². The van der Waals surface area contributed by atoms with Crippen molar-refractivity contribution < 1.29 is 14.7 Å². The molecule has 0 aromatic carbocycles. The molecule has 2 rings (SSSR count). The van der Waals surface area contributed by atoms with E-state index >= 15 is 0 Å². The van der Waals surface area contributed by atoms with E-state index in [1.807, 2.05) is 13.8 Å². The lowest BCUT2D eigenvalue weighted by molar-refractivity contribution is -0.131. The van der Waals surface area contributed by atoms with Gasteiger partial charge in [0.05, 0.1) is 6.10 Å². The van der Waals surface area contributed by atoms with Crippen LogP contribution in [0.25, 0.3) is 0 Å². The van der Waals surface area contributed by atoms with Gasteiger partial charge in [-0.3, -0.25) is 9.59 Å². The fourth-order valence-electron chi connectivity index (χ4n) is 3.45. The molecule has 120 valence electrons. The van der Waals surface area contributed by atoms with Crippen LogP contribution in [-0.2, 0) is 9.59 Å². The molecule has 0 aromatic heterocycles. The second-order valence-corrected chi connectivity index (χ2v) is 6.63. The quantitative estimate of drug-likeness (QED) is 0.803. The average molecular weight is 296 g/mol. The third-order valence-corrected chi connectivity index (χ3v) is 4.88. The number of nitrogens with one attached hydrogen (secondary N) is 1. The van der Waals surface area contributed by atoms with E-state index in [-0.39, 0.29) is 29.7 Å². The van der Waals surface area contributed by atoms with Gasteiger partial charge in [0.1, 0.15) is 0 Å². The zero-order valence-electron chi connectivity index (χ0n) is 13.2. The monoisotopic (exact) mass is 296 g/mol. The van der Waals surface area contributed by atoms with E-state index < -0.39 is 6.10 Å². The van der Waals surface area contributed by atoms with Crippen LogP contribution in [0.15, 0.2) is 0 Å². The van der Waals surface area contributed by atoms with Gasteiger partial charge in [0.25, 0.3) is 0 Å².